The molecule has 23 heavy (non-hydrogen) atoms. The van der Waals surface area contributed by atoms with Gasteiger partial charge in [-0.05, 0) is 24.6 Å². The summed E-state index contributed by atoms with van der Waals surface area (Å²) in [6.07, 6.45) is -2.70. The molecule has 0 fully saturated rings. The van der Waals surface area contributed by atoms with E-state index in [0.29, 0.717) is 5.13 Å². The number of amides is 1. The van der Waals surface area contributed by atoms with Gasteiger partial charge in [0.15, 0.2) is 0 Å². The summed E-state index contributed by atoms with van der Waals surface area (Å²) < 4.78 is 37.8. The Bertz CT molecular complexity index is 672. The van der Waals surface area contributed by atoms with E-state index in [9.17, 15) is 18.0 Å². The van der Waals surface area contributed by atoms with Gasteiger partial charge in [0, 0.05) is 12.1 Å². The third kappa shape index (κ3) is 5.20. The molecule has 0 spiro atoms. The van der Waals surface area contributed by atoms with E-state index in [1.807, 2.05) is 6.92 Å². The van der Waals surface area contributed by atoms with E-state index in [-0.39, 0.29) is 12.2 Å². The number of carbonyl (C=O) groups excluding carboxylic acids is 1. The Morgan fingerprint density at radius 2 is 2.09 bits per heavy atom. The van der Waals surface area contributed by atoms with E-state index < -0.39 is 17.6 Å². The highest BCUT2D eigenvalue weighted by Gasteiger charge is 2.30. The summed E-state index contributed by atoms with van der Waals surface area (Å²) in [5, 5.41) is 14.2. The number of rotatable bonds is 6. The van der Waals surface area contributed by atoms with Crippen molar-refractivity contribution in [1.29, 1.82) is 0 Å². The highest BCUT2D eigenvalue weighted by Crippen LogP contribution is 2.30. The molecule has 1 amide bonds. The Balaban J connectivity index is 1.89. The monoisotopic (exact) mass is 344 g/mol. The van der Waals surface area contributed by atoms with Gasteiger partial charge < -0.3 is 5.32 Å². The number of alkyl halides is 3. The zero-order valence-electron chi connectivity index (χ0n) is 12.3. The van der Waals surface area contributed by atoms with Crippen molar-refractivity contribution in [3.05, 3.63) is 34.8 Å². The number of halogens is 3. The average molecular weight is 344 g/mol. The number of nitrogens with one attached hydrogen (secondary N) is 2. The van der Waals surface area contributed by atoms with Crippen molar-refractivity contribution < 1.29 is 18.0 Å². The largest absolute Gasteiger partial charge is 0.416 e. The van der Waals surface area contributed by atoms with Crippen LogP contribution in [0.5, 0.6) is 0 Å². The number of hydrogen-bond donors (Lipinski definition) is 2. The van der Waals surface area contributed by atoms with E-state index in [2.05, 4.69) is 20.8 Å². The lowest BCUT2D eigenvalue weighted by Gasteiger charge is -2.10. The highest BCUT2D eigenvalue weighted by molar-refractivity contribution is 7.15. The van der Waals surface area contributed by atoms with E-state index in [1.54, 1.807) is 0 Å². The van der Waals surface area contributed by atoms with Crippen LogP contribution in [-0.4, -0.2) is 22.6 Å². The van der Waals surface area contributed by atoms with Gasteiger partial charge in [-0.2, -0.15) is 13.2 Å². The van der Waals surface area contributed by atoms with Crippen molar-refractivity contribution in [3.63, 3.8) is 0 Å². The van der Waals surface area contributed by atoms with Crippen molar-refractivity contribution >= 4 is 28.1 Å². The van der Waals surface area contributed by atoms with Crippen molar-refractivity contribution in [2.24, 2.45) is 0 Å². The summed E-state index contributed by atoms with van der Waals surface area (Å²) in [5.41, 5.74) is -0.546. The van der Waals surface area contributed by atoms with Crippen LogP contribution in [0.1, 0.15) is 23.9 Å². The van der Waals surface area contributed by atoms with E-state index >= 15 is 0 Å². The lowest BCUT2D eigenvalue weighted by atomic mass is 10.2. The molecule has 0 aliphatic rings. The number of aryl methyl sites for hydroxylation is 1. The number of benzene rings is 1. The molecule has 0 aliphatic heterocycles. The summed E-state index contributed by atoms with van der Waals surface area (Å²) in [6, 6.07) is 4.68. The van der Waals surface area contributed by atoms with Gasteiger partial charge >= 0.3 is 6.18 Å². The molecule has 124 valence electrons. The van der Waals surface area contributed by atoms with Crippen molar-refractivity contribution in [3.8, 4) is 0 Å². The average Bonchev–Trinajstić information content (AvgIpc) is 2.92. The number of hydrogen-bond acceptors (Lipinski definition) is 5. The first-order chi connectivity index (χ1) is 10.9. The van der Waals surface area contributed by atoms with Gasteiger partial charge in [-0.25, -0.2) is 0 Å². The molecule has 0 saturated carbocycles. The summed E-state index contributed by atoms with van der Waals surface area (Å²) in [6.45, 7) is 1.85. The SMILES string of the molecule is CCCc1nnc(NC(=O)CNc2cccc(C(F)(F)F)c2)s1. The van der Waals surface area contributed by atoms with E-state index in [0.717, 1.165) is 30.0 Å². The van der Waals surface area contributed by atoms with E-state index in [1.165, 1.54) is 23.5 Å². The highest BCUT2D eigenvalue weighted by atomic mass is 32.1. The molecule has 1 aromatic heterocycles. The Hall–Kier alpha value is -2.16. The third-order valence-corrected chi connectivity index (χ3v) is 3.72. The molecular weight excluding hydrogens is 329 g/mol. The predicted octanol–water partition coefficient (Wildman–Crippen LogP) is 3.56. The van der Waals surface area contributed by atoms with Gasteiger partial charge in [-0.1, -0.05) is 24.3 Å². The smallest absolute Gasteiger partial charge is 0.376 e. The first-order valence-electron chi connectivity index (χ1n) is 6.92. The molecule has 0 aliphatic carbocycles. The minimum absolute atomic E-state index is 0.163. The second kappa shape index (κ2) is 7.40. The Kier molecular flexibility index (Phi) is 5.54. The normalized spacial score (nSPS) is 11.3. The fourth-order valence-corrected chi connectivity index (χ4v) is 2.63. The Morgan fingerprint density at radius 1 is 1.30 bits per heavy atom. The van der Waals surface area contributed by atoms with Crippen LogP contribution in [0.4, 0.5) is 24.0 Å². The topological polar surface area (TPSA) is 66.9 Å². The maximum absolute atomic E-state index is 12.6. The quantitative estimate of drug-likeness (QED) is 0.841. The van der Waals surface area contributed by atoms with Crippen LogP contribution < -0.4 is 10.6 Å². The van der Waals surface area contributed by atoms with Gasteiger partial charge in [0.1, 0.15) is 5.01 Å². The Labute approximate surface area is 134 Å². The van der Waals surface area contributed by atoms with Crippen LogP contribution in [0, 0.1) is 0 Å². The van der Waals surface area contributed by atoms with Gasteiger partial charge in [0.25, 0.3) is 0 Å². The minimum atomic E-state index is -4.41. The summed E-state index contributed by atoms with van der Waals surface area (Å²) in [5.74, 6) is -0.401. The number of nitrogens with zero attached hydrogens (tertiary/aromatic N) is 2. The number of carbonyl (C=O) groups is 1. The zero-order valence-corrected chi connectivity index (χ0v) is 13.1. The molecule has 2 aromatic rings. The molecule has 2 N–H and O–H groups in total. The third-order valence-electron chi connectivity index (χ3n) is 2.82. The lowest BCUT2D eigenvalue weighted by molar-refractivity contribution is -0.137. The Morgan fingerprint density at radius 3 is 2.78 bits per heavy atom. The second-order valence-electron chi connectivity index (χ2n) is 4.73. The molecule has 0 radical (unpaired) electrons. The number of anilines is 2. The van der Waals surface area contributed by atoms with Crippen LogP contribution in [0.25, 0.3) is 0 Å². The van der Waals surface area contributed by atoms with Gasteiger partial charge in [-0.3, -0.25) is 10.1 Å². The van der Waals surface area contributed by atoms with Crippen LogP contribution in [0.2, 0.25) is 0 Å². The molecule has 0 saturated heterocycles. The van der Waals surface area contributed by atoms with Crippen LogP contribution >= 0.6 is 11.3 Å². The second-order valence-corrected chi connectivity index (χ2v) is 5.79. The summed E-state index contributed by atoms with van der Waals surface area (Å²) >= 11 is 1.28. The fraction of sp³-hybridized carbons (Fsp3) is 0.357. The van der Waals surface area contributed by atoms with Crippen molar-refractivity contribution in [1.82, 2.24) is 10.2 Å². The number of aromatic nitrogens is 2. The molecule has 0 unspecified atom stereocenters. The van der Waals surface area contributed by atoms with Crippen molar-refractivity contribution in [2.75, 3.05) is 17.2 Å². The molecule has 0 atom stereocenters. The van der Waals surface area contributed by atoms with Gasteiger partial charge in [0.05, 0.1) is 12.1 Å². The van der Waals surface area contributed by atoms with Crippen molar-refractivity contribution in [2.45, 2.75) is 25.9 Å². The summed E-state index contributed by atoms with van der Waals surface area (Å²) in [4.78, 5) is 11.8. The molecule has 0 bridgehead atoms. The molecule has 5 nitrogen and oxygen atoms in total. The fourth-order valence-electron chi connectivity index (χ4n) is 1.77. The molecule has 1 heterocycles. The summed E-state index contributed by atoms with van der Waals surface area (Å²) in [7, 11) is 0. The standard InChI is InChI=1S/C14H15F3N4OS/c1-2-4-12-20-21-13(23-12)19-11(22)8-18-10-6-3-5-9(7-10)14(15,16)17/h3,5-7,18H,2,4,8H2,1H3,(H,19,21,22). The molecular formula is C14H15F3N4OS. The van der Waals surface area contributed by atoms with E-state index in [4.69, 9.17) is 0 Å². The van der Waals surface area contributed by atoms with Crippen LogP contribution in [-0.2, 0) is 17.4 Å². The van der Waals surface area contributed by atoms with Crippen LogP contribution in [0.15, 0.2) is 24.3 Å². The zero-order chi connectivity index (χ0) is 16.9. The maximum Gasteiger partial charge on any atom is 0.416 e. The molecule has 9 heteroatoms. The van der Waals surface area contributed by atoms with Gasteiger partial charge in [0.2, 0.25) is 11.0 Å². The first kappa shape index (κ1) is 17.2. The minimum Gasteiger partial charge on any atom is -0.376 e. The predicted molar refractivity (Wildman–Crippen MR) is 82.5 cm³/mol. The maximum atomic E-state index is 12.6. The molecule has 1 aromatic carbocycles. The molecule has 2 rings (SSSR count). The first-order valence-corrected chi connectivity index (χ1v) is 7.73. The van der Waals surface area contributed by atoms with Crippen LogP contribution in [0.3, 0.4) is 0 Å². The van der Waals surface area contributed by atoms with Gasteiger partial charge in [-0.15, -0.1) is 10.2 Å². The lowest BCUT2D eigenvalue weighted by Crippen LogP contribution is -2.21.